The van der Waals surface area contributed by atoms with Crippen LogP contribution in [0.5, 0.6) is 0 Å². The van der Waals surface area contributed by atoms with E-state index in [4.69, 9.17) is 23.2 Å². The van der Waals surface area contributed by atoms with Crippen LogP contribution >= 0.6 is 23.2 Å². The van der Waals surface area contributed by atoms with Crippen LogP contribution in [0.1, 0.15) is 5.56 Å². The predicted octanol–water partition coefficient (Wildman–Crippen LogP) is 3.83. The van der Waals surface area contributed by atoms with Crippen molar-refractivity contribution in [1.82, 2.24) is 4.98 Å². The molecule has 17 heavy (non-hydrogen) atoms. The molecule has 86 valence electrons. The average molecular weight is 266 g/mol. The fourth-order valence-corrected chi connectivity index (χ4v) is 1.57. The number of hydrogen-bond donors (Lipinski definition) is 1. The van der Waals surface area contributed by atoms with Gasteiger partial charge in [0.15, 0.2) is 0 Å². The molecular formula is C12H9Cl2N3. The van der Waals surface area contributed by atoms with E-state index in [1.54, 1.807) is 18.5 Å². The third-order valence-electron chi connectivity index (χ3n) is 2.03. The lowest BCUT2D eigenvalue weighted by atomic mass is 10.2. The van der Waals surface area contributed by atoms with E-state index in [1.165, 1.54) is 0 Å². The molecule has 2 rings (SSSR count). The van der Waals surface area contributed by atoms with Gasteiger partial charge in [-0.1, -0.05) is 41.4 Å². The number of rotatable bonds is 3. The van der Waals surface area contributed by atoms with E-state index in [9.17, 15) is 0 Å². The average Bonchev–Trinajstić information content (AvgIpc) is 2.36. The number of nitrogens with zero attached hydrogens (tertiary/aromatic N) is 2. The number of benzene rings is 1. The van der Waals surface area contributed by atoms with Gasteiger partial charge in [0.2, 0.25) is 0 Å². The van der Waals surface area contributed by atoms with Gasteiger partial charge in [0.05, 0.1) is 16.3 Å². The van der Waals surface area contributed by atoms with Gasteiger partial charge in [-0.3, -0.25) is 5.43 Å². The van der Waals surface area contributed by atoms with Gasteiger partial charge in [-0.15, -0.1) is 0 Å². The summed E-state index contributed by atoms with van der Waals surface area (Å²) in [5, 5.41) is 5.03. The van der Waals surface area contributed by atoms with Crippen LogP contribution < -0.4 is 5.43 Å². The summed E-state index contributed by atoms with van der Waals surface area (Å²) >= 11 is 11.9. The molecule has 0 atom stereocenters. The van der Waals surface area contributed by atoms with E-state index < -0.39 is 0 Å². The van der Waals surface area contributed by atoms with E-state index in [0.29, 0.717) is 15.9 Å². The Morgan fingerprint density at radius 3 is 2.76 bits per heavy atom. The van der Waals surface area contributed by atoms with Crippen LogP contribution in [0.3, 0.4) is 0 Å². The fourth-order valence-electron chi connectivity index (χ4n) is 1.22. The topological polar surface area (TPSA) is 37.3 Å². The molecule has 5 heteroatoms. The summed E-state index contributed by atoms with van der Waals surface area (Å²) in [7, 11) is 0. The minimum absolute atomic E-state index is 0.487. The lowest BCUT2D eigenvalue weighted by molar-refractivity contribution is 1.23. The second-order valence-electron chi connectivity index (χ2n) is 3.23. The second kappa shape index (κ2) is 5.66. The van der Waals surface area contributed by atoms with Crippen LogP contribution in [0.4, 0.5) is 5.82 Å². The molecule has 0 saturated carbocycles. The van der Waals surface area contributed by atoms with Gasteiger partial charge in [-0.05, 0) is 18.2 Å². The lowest BCUT2D eigenvalue weighted by Crippen LogP contribution is -1.93. The number of anilines is 1. The summed E-state index contributed by atoms with van der Waals surface area (Å²) < 4.78 is 0. The van der Waals surface area contributed by atoms with Gasteiger partial charge in [0.25, 0.3) is 0 Å². The van der Waals surface area contributed by atoms with Crippen LogP contribution in [-0.4, -0.2) is 11.2 Å². The van der Waals surface area contributed by atoms with Crippen molar-refractivity contribution in [3.8, 4) is 0 Å². The van der Waals surface area contributed by atoms with Crippen LogP contribution in [0.15, 0.2) is 47.7 Å². The van der Waals surface area contributed by atoms with Crippen molar-refractivity contribution >= 4 is 35.2 Å². The summed E-state index contributed by atoms with van der Waals surface area (Å²) in [6.07, 6.45) is 3.28. The van der Waals surface area contributed by atoms with Gasteiger partial charge in [-0.2, -0.15) is 5.10 Å². The molecule has 0 aliphatic heterocycles. The summed E-state index contributed by atoms with van der Waals surface area (Å²) in [5.74, 6) is 0.668. The van der Waals surface area contributed by atoms with Crippen LogP contribution in [0, 0.1) is 0 Å². The highest BCUT2D eigenvalue weighted by Gasteiger charge is 2.00. The third-order valence-corrected chi connectivity index (χ3v) is 2.86. The maximum absolute atomic E-state index is 6.01. The first kappa shape index (κ1) is 11.9. The van der Waals surface area contributed by atoms with Crippen molar-refractivity contribution in [3.05, 3.63) is 58.2 Å². The van der Waals surface area contributed by atoms with Crippen molar-refractivity contribution < 1.29 is 0 Å². The minimum Gasteiger partial charge on any atom is -0.261 e. The third kappa shape index (κ3) is 3.19. The summed E-state index contributed by atoms with van der Waals surface area (Å²) in [6, 6.07) is 10.9. The second-order valence-corrected chi connectivity index (χ2v) is 4.01. The van der Waals surface area contributed by atoms with Crippen LogP contribution in [-0.2, 0) is 0 Å². The van der Waals surface area contributed by atoms with E-state index in [1.807, 2.05) is 30.3 Å². The maximum atomic E-state index is 6.01. The largest absolute Gasteiger partial charge is 0.261 e. The first-order valence-corrected chi connectivity index (χ1v) is 5.67. The molecule has 0 amide bonds. The van der Waals surface area contributed by atoms with Gasteiger partial charge < -0.3 is 0 Å². The quantitative estimate of drug-likeness (QED) is 0.677. The number of halogens is 2. The molecule has 0 aliphatic rings. The normalized spacial score (nSPS) is 10.7. The van der Waals surface area contributed by atoms with Crippen LogP contribution in [0.2, 0.25) is 10.0 Å². The molecule has 1 aromatic heterocycles. The van der Waals surface area contributed by atoms with E-state index in [-0.39, 0.29) is 0 Å². The molecule has 2 aromatic rings. The fraction of sp³-hybridized carbons (Fsp3) is 0. The molecule has 0 fully saturated rings. The number of nitrogens with one attached hydrogen (secondary N) is 1. The summed E-state index contributed by atoms with van der Waals surface area (Å²) in [5.41, 5.74) is 3.55. The lowest BCUT2D eigenvalue weighted by Gasteiger charge is -2.00. The van der Waals surface area contributed by atoms with Crippen molar-refractivity contribution in [2.75, 3.05) is 5.43 Å². The molecule has 1 N–H and O–H groups in total. The van der Waals surface area contributed by atoms with Crippen molar-refractivity contribution in [3.63, 3.8) is 0 Å². The first-order chi connectivity index (χ1) is 8.27. The zero-order chi connectivity index (χ0) is 12.1. The predicted molar refractivity (Wildman–Crippen MR) is 71.9 cm³/mol. The molecule has 0 radical (unpaired) electrons. The Labute approximate surface area is 109 Å². The Morgan fingerprint density at radius 2 is 2.00 bits per heavy atom. The number of hydrogen-bond acceptors (Lipinski definition) is 3. The van der Waals surface area contributed by atoms with E-state index in [2.05, 4.69) is 15.5 Å². The molecular weight excluding hydrogens is 257 g/mol. The molecule has 0 aliphatic carbocycles. The Morgan fingerprint density at radius 1 is 1.12 bits per heavy atom. The summed E-state index contributed by atoms with van der Waals surface area (Å²) in [6.45, 7) is 0. The SMILES string of the molecule is Clc1cccc(/C=N\Nc2ccccn2)c1Cl. The maximum Gasteiger partial charge on any atom is 0.146 e. The molecule has 0 unspecified atom stereocenters. The van der Waals surface area contributed by atoms with Crippen molar-refractivity contribution in [1.29, 1.82) is 0 Å². The highest BCUT2D eigenvalue weighted by molar-refractivity contribution is 6.43. The highest BCUT2D eigenvalue weighted by atomic mass is 35.5. The Balaban J connectivity index is 2.09. The number of hydrazone groups is 1. The standard InChI is InChI=1S/C12H9Cl2N3/c13-10-5-3-4-9(12(10)14)8-16-17-11-6-1-2-7-15-11/h1-8H,(H,15,17)/b16-8-. The molecule has 3 nitrogen and oxygen atoms in total. The molecule has 0 spiro atoms. The monoisotopic (exact) mass is 265 g/mol. The zero-order valence-electron chi connectivity index (χ0n) is 8.77. The molecule has 1 aromatic carbocycles. The van der Waals surface area contributed by atoms with Gasteiger partial charge in [-0.25, -0.2) is 4.98 Å². The van der Waals surface area contributed by atoms with E-state index >= 15 is 0 Å². The summed E-state index contributed by atoms with van der Waals surface area (Å²) in [4.78, 5) is 4.07. The molecule has 0 bridgehead atoms. The smallest absolute Gasteiger partial charge is 0.146 e. The van der Waals surface area contributed by atoms with E-state index in [0.717, 1.165) is 5.56 Å². The van der Waals surface area contributed by atoms with Crippen molar-refractivity contribution in [2.45, 2.75) is 0 Å². The minimum atomic E-state index is 0.487. The first-order valence-electron chi connectivity index (χ1n) is 4.91. The van der Waals surface area contributed by atoms with Gasteiger partial charge >= 0.3 is 0 Å². The number of aromatic nitrogens is 1. The molecule has 1 heterocycles. The Kier molecular flexibility index (Phi) is 3.96. The highest BCUT2D eigenvalue weighted by Crippen LogP contribution is 2.24. The van der Waals surface area contributed by atoms with Crippen LogP contribution in [0.25, 0.3) is 0 Å². The molecule has 0 saturated heterocycles. The Hall–Kier alpha value is -1.58. The van der Waals surface area contributed by atoms with Crippen molar-refractivity contribution in [2.24, 2.45) is 5.10 Å². The zero-order valence-corrected chi connectivity index (χ0v) is 10.3. The Bertz CT molecular complexity index is 527. The van der Waals surface area contributed by atoms with Gasteiger partial charge in [0, 0.05) is 11.8 Å². The number of pyridine rings is 1. The van der Waals surface area contributed by atoms with Gasteiger partial charge in [0.1, 0.15) is 5.82 Å².